The van der Waals surface area contributed by atoms with Gasteiger partial charge in [-0.05, 0) is 12.1 Å². The van der Waals surface area contributed by atoms with Crippen LogP contribution in [-0.4, -0.2) is 14.5 Å². The van der Waals surface area contributed by atoms with E-state index in [0.29, 0.717) is 0 Å². The molecule has 0 saturated heterocycles. The molecule has 0 heterocycles. The van der Waals surface area contributed by atoms with Gasteiger partial charge < -0.3 is 3.97 Å². The minimum atomic E-state index is -1.23. The quantitative estimate of drug-likeness (QED) is 0.555. The van der Waals surface area contributed by atoms with Crippen molar-refractivity contribution in [3.05, 3.63) is 30.3 Å². The largest absolute Gasteiger partial charge is 0.344 e. The van der Waals surface area contributed by atoms with Crippen molar-refractivity contribution >= 4 is 25.9 Å². The monoisotopic (exact) mass is 211 g/mol. The van der Waals surface area contributed by atoms with Crippen molar-refractivity contribution in [1.82, 2.24) is 0 Å². The summed E-state index contributed by atoms with van der Waals surface area (Å²) in [4.78, 5) is 0. The summed E-state index contributed by atoms with van der Waals surface area (Å²) < 4.78 is 2.45. The van der Waals surface area contributed by atoms with Gasteiger partial charge in [-0.25, -0.2) is 0 Å². The second kappa shape index (κ2) is 4.20. The summed E-state index contributed by atoms with van der Waals surface area (Å²) in [6.45, 7) is 7.07. The fourth-order valence-corrected chi connectivity index (χ4v) is 4.78. The van der Waals surface area contributed by atoms with Gasteiger partial charge in [0.1, 0.15) is 0 Å². The highest BCUT2D eigenvalue weighted by Crippen LogP contribution is 2.26. The first kappa shape index (κ1) is 10.7. The van der Waals surface area contributed by atoms with Gasteiger partial charge in [0.25, 0.3) is 0 Å². The van der Waals surface area contributed by atoms with Gasteiger partial charge in [0.2, 0.25) is 0 Å². The number of benzene rings is 1. The molecule has 1 aromatic carbocycles. The fourth-order valence-electron chi connectivity index (χ4n) is 1.33. The topological polar surface area (TPSA) is 3.24 Å². The van der Waals surface area contributed by atoms with Crippen LogP contribution in [0.2, 0.25) is 19.6 Å². The zero-order valence-electron chi connectivity index (χ0n) is 8.74. The van der Waals surface area contributed by atoms with Crippen molar-refractivity contribution in [3.63, 3.8) is 0 Å². The Morgan fingerprint density at radius 1 is 1.08 bits per heavy atom. The lowest BCUT2D eigenvalue weighted by atomic mass is 10.3. The van der Waals surface area contributed by atoms with Gasteiger partial charge in [0, 0.05) is 11.9 Å². The average Bonchev–Trinajstić information content (AvgIpc) is 2.05. The Kier molecular flexibility index (Phi) is 3.45. The highest BCUT2D eigenvalue weighted by Gasteiger charge is 2.23. The zero-order valence-corrected chi connectivity index (χ0v) is 10.6. The maximum Gasteiger partial charge on any atom is 0.160 e. The fraction of sp³-hybridized carbons (Fsp3) is 0.400. The SMILES string of the molecule is CSN(c1ccccc1)[Si](C)(C)C. The van der Waals surface area contributed by atoms with Gasteiger partial charge in [0.05, 0.1) is 0 Å². The molecule has 0 atom stereocenters. The zero-order chi connectivity index (χ0) is 9.90. The molecule has 0 aliphatic carbocycles. The Hall–Kier alpha value is -0.413. The number of hydrogen-bond acceptors (Lipinski definition) is 2. The van der Waals surface area contributed by atoms with Gasteiger partial charge in [-0.15, -0.1) is 0 Å². The Bertz CT molecular complexity index is 255. The first-order chi connectivity index (χ1) is 6.05. The average molecular weight is 211 g/mol. The third-order valence-corrected chi connectivity index (χ3v) is 6.03. The summed E-state index contributed by atoms with van der Waals surface area (Å²) in [5.74, 6) is 0. The minimum absolute atomic E-state index is 1.23. The van der Waals surface area contributed by atoms with Crippen LogP contribution in [0.4, 0.5) is 5.69 Å². The summed E-state index contributed by atoms with van der Waals surface area (Å²) in [7, 11) is -1.23. The Balaban J connectivity index is 2.92. The summed E-state index contributed by atoms with van der Waals surface area (Å²) in [5.41, 5.74) is 1.33. The Morgan fingerprint density at radius 2 is 1.62 bits per heavy atom. The Labute approximate surface area is 86.4 Å². The van der Waals surface area contributed by atoms with E-state index in [-0.39, 0.29) is 0 Å². The summed E-state index contributed by atoms with van der Waals surface area (Å²) in [5, 5.41) is 0. The van der Waals surface area contributed by atoms with Crippen LogP contribution in [0.1, 0.15) is 0 Å². The van der Waals surface area contributed by atoms with Crippen LogP contribution in [0, 0.1) is 0 Å². The lowest BCUT2D eigenvalue weighted by molar-refractivity contribution is 1.47. The van der Waals surface area contributed by atoms with Gasteiger partial charge in [-0.1, -0.05) is 49.8 Å². The Morgan fingerprint density at radius 3 is 2.00 bits per heavy atom. The molecule has 0 radical (unpaired) electrons. The number of hydrogen-bond donors (Lipinski definition) is 0. The van der Waals surface area contributed by atoms with E-state index in [0.717, 1.165) is 0 Å². The van der Waals surface area contributed by atoms with Crippen molar-refractivity contribution in [3.8, 4) is 0 Å². The standard InChI is InChI=1S/C10H17NSSi/c1-12-11(13(2,3)4)10-8-6-5-7-9-10/h5-9H,1-4H3. The van der Waals surface area contributed by atoms with E-state index in [1.165, 1.54) is 5.69 Å². The highest BCUT2D eigenvalue weighted by atomic mass is 32.2. The van der Waals surface area contributed by atoms with E-state index in [2.05, 4.69) is 60.2 Å². The molecule has 1 rings (SSSR count). The molecule has 0 N–H and O–H groups in total. The van der Waals surface area contributed by atoms with Crippen LogP contribution in [0.15, 0.2) is 30.3 Å². The maximum atomic E-state index is 2.45. The van der Waals surface area contributed by atoms with E-state index in [1.54, 1.807) is 0 Å². The van der Waals surface area contributed by atoms with Crippen LogP contribution >= 0.6 is 11.9 Å². The van der Waals surface area contributed by atoms with Crippen molar-refractivity contribution in [2.24, 2.45) is 0 Å². The highest BCUT2D eigenvalue weighted by molar-refractivity contribution is 8.01. The van der Waals surface area contributed by atoms with E-state index in [4.69, 9.17) is 0 Å². The van der Waals surface area contributed by atoms with E-state index >= 15 is 0 Å². The molecule has 13 heavy (non-hydrogen) atoms. The molecule has 3 heteroatoms. The molecule has 0 saturated carbocycles. The molecule has 1 aromatic rings. The number of para-hydroxylation sites is 1. The van der Waals surface area contributed by atoms with E-state index < -0.39 is 8.24 Å². The molecule has 0 aliphatic heterocycles. The first-order valence-electron chi connectivity index (χ1n) is 4.45. The van der Waals surface area contributed by atoms with Crippen LogP contribution in [0.25, 0.3) is 0 Å². The lowest BCUT2D eigenvalue weighted by Gasteiger charge is -2.33. The molecule has 0 aliphatic rings. The van der Waals surface area contributed by atoms with Gasteiger partial charge in [0.15, 0.2) is 8.24 Å². The predicted molar refractivity (Wildman–Crippen MR) is 65.8 cm³/mol. The van der Waals surface area contributed by atoms with Crippen LogP contribution < -0.4 is 3.97 Å². The lowest BCUT2D eigenvalue weighted by Crippen LogP contribution is -2.40. The van der Waals surface area contributed by atoms with E-state index in [1.807, 2.05) is 11.9 Å². The number of nitrogens with zero attached hydrogens (tertiary/aromatic N) is 1. The molecule has 0 unspecified atom stereocenters. The van der Waals surface area contributed by atoms with Crippen molar-refractivity contribution in [1.29, 1.82) is 0 Å². The molecular weight excluding hydrogens is 194 g/mol. The number of rotatable bonds is 3. The summed E-state index contributed by atoms with van der Waals surface area (Å²) >= 11 is 1.83. The van der Waals surface area contributed by atoms with E-state index in [9.17, 15) is 0 Å². The molecule has 1 nitrogen and oxygen atoms in total. The minimum Gasteiger partial charge on any atom is -0.344 e. The third kappa shape index (κ3) is 2.78. The van der Waals surface area contributed by atoms with Crippen LogP contribution in [0.3, 0.4) is 0 Å². The molecular formula is C10H17NSSi. The van der Waals surface area contributed by atoms with Gasteiger partial charge in [-0.2, -0.15) is 0 Å². The molecule has 0 aromatic heterocycles. The molecule has 0 spiro atoms. The van der Waals surface area contributed by atoms with Crippen molar-refractivity contribution < 1.29 is 0 Å². The second-order valence-corrected chi connectivity index (χ2v) is 9.83. The van der Waals surface area contributed by atoms with Gasteiger partial charge >= 0.3 is 0 Å². The normalized spacial score (nSPS) is 11.4. The summed E-state index contributed by atoms with van der Waals surface area (Å²) in [6.07, 6.45) is 2.14. The van der Waals surface area contributed by atoms with Crippen LogP contribution in [-0.2, 0) is 0 Å². The molecule has 0 amide bonds. The number of anilines is 1. The predicted octanol–water partition coefficient (Wildman–Crippen LogP) is 3.61. The van der Waals surface area contributed by atoms with Crippen LogP contribution in [0.5, 0.6) is 0 Å². The molecule has 0 bridgehead atoms. The molecule has 0 fully saturated rings. The van der Waals surface area contributed by atoms with Crippen molar-refractivity contribution in [2.75, 3.05) is 10.2 Å². The molecule has 72 valence electrons. The van der Waals surface area contributed by atoms with Gasteiger partial charge in [-0.3, -0.25) is 0 Å². The smallest absolute Gasteiger partial charge is 0.160 e. The van der Waals surface area contributed by atoms with Crippen molar-refractivity contribution in [2.45, 2.75) is 19.6 Å². The maximum absolute atomic E-state index is 2.45. The third-order valence-electron chi connectivity index (χ3n) is 1.78. The first-order valence-corrected chi connectivity index (χ1v) is 9.08. The second-order valence-electron chi connectivity index (χ2n) is 3.98. The summed E-state index contributed by atoms with van der Waals surface area (Å²) in [6, 6.07) is 10.6.